The lowest BCUT2D eigenvalue weighted by atomic mass is 10.1. The van der Waals surface area contributed by atoms with Gasteiger partial charge < -0.3 is 14.0 Å². The van der Waals surface area contributed by atoms with Crippen LogP contribution in [0.15, 0.2) is 60.7 Å². The van der Waals surface area contributed by atoms with Gasteiger partial charge in [0.1, 0.15) is 5.75 Å². The lowest BCUT2D eigenvalue weighted by Crippen LogP contribution is -2.07. The van der Waals surface area contributed by atoms with E-state index < -0.39 is 0 Å². The number of hydrogen-bond acceptors (Lipinski definition) is 3. The molecule has 0 bridgehead atoms. The molecule has 0 aliphatic carbocycles. The highest BCUT2D eigenvalue weighted by atomic mass is 16.5. The van der Waals surface area contributed by atoms with Gasteiger partial charge in [0.05, 0.1) is 19.8 Å². The van der Waals surface area contributed by atoms with Crippen LogP contribution in [-0.2, 0) is 11.3 Å². The number of benzene rings is 2. The van der Waals surface area contributed by atoms with Crippen LogP contribution < -0.4 is 4.74 Å². The zero-order chi connectivity index (χ0) is 17.8. The molecule has 0 aliphatic heterocycles. The van der Waals surface area contributed by atoms with Crippen LogP contribution in [0.25, 0.3) is 11.3 Å². The number of esters is 1. The highest BCUT2D eigenvalue weighted by molar-refractivity contribution is 5.92. The topological polar surface area (TPSA) is 40.5 Å². The first-order valence-electron chi connectivity index (χ1n) is 8.11. The highest BCUT2D eigenvalue weighted by Crippen LogP contribution is 2.27. The molecule has 25 heavy (non-hydrogen) atoms. The quantitative estimate of drug-likeness (QED) is 0.653. The number of nitrogens with zero attached hydrogens (tertiary/aromatic N) is 1. The molecular weight excluding hydrogens is 314 g/mol. The summed E-state index contributed by atoms with van der Waals surface area (Å²) >= 11 is 0. The molecule has 0 saturated heterocycles. The van der Waals surface area contributed by atoms with E-state index in [1.54, 1.807) is 7.11 Å². The fourth-order valence-corrected chi connectivity index (χ4v) is 2.93. The summed E-state index contributed by atoms with van der Waals surface area (Å²) in [4.78, 5) is 12.1. The Balaban J connectivity index is 2.06. The van der Waals surface area contributed by atoms with Crippen molar-refractivity contribution in [3.63, 3.8) is 0 Å². The zero-order valence-corrected chi connectivity index (χ0v) is 14.7. The van der Waals surface area contributed by atoms with Crippen molar-refractivity contribution >= 4 is 5.97 Å². The van der Waals surface area contributed by atoms with Crippen LogP contribution in [-0.4, -0.2) is 24.8 Å². The Labute approximate surface area is 147 Å². The van der Waals surface area contributed by atoms with Crippen molar-refractivity contribution < 1.29 is 14.3 Å². The number of aromatic nitrogens is 1. The molecule has 0 unspecified atom stereocenters. The molecule has 0 saturated carbocycles. The molecule has 0 amide bonds. The number of carbonyl (C=O) groups excluding carboxylic acids is 1. The zero-order valence-electron chi connectivity index (χ0n) is 14.7. The Morgan fingerprint density at radius 3 is 2.28 bits per heavy atom. The van der Waals surface area contributed by atoms with E-state index in [0.717, 1.165) is 28.3 Å². The summed E-state index contributed by atoms with van der Waals surface area (Å²) in [6.07, 6.45) is 0. The Morgan fingerprint density at radius 2 is 1.68 bits per heavy atom. The second-order valence-electron chi connectivity index (χ2n) is 5.82. The van der Waals surface area contributed by atoms with Gasteiger partial charge in [0.2, 0.25) is 0 Å². The van der Waals surface area contributed by atoms with Crippen LogP contribution in [0.3, 0.4) is 0 Å². The summed E-state index contributed by atoms with van der Waals surface area (Å²) in [5, 5.41) is 0. The molecule has 0 spiro atoms. The lowest BCUT2D eigenvalue weighted by molar-refractivity contribution is 0.0600. The Hall–Kier alpha value is -3.01. The predicted octanol–water partition coefficient (Wildman–Crippen LogP) is 4.31. The highest BCUT2D eigenvalue weighted by Gasteiger charge is 2.19. The molecule has 0 fully saturated rings. The molecular formula is C21H21NO3. The van der Waals surface area contributed by atoms with Gasteiger partial charge in [-0.15, -0.1) is 0 Å². The number of hydrogen-bond donors (Lipinski definition) is 0. The van der Waals surface area contributed by atoms with Gasteiger partial charge in [-0.3, -0.25) is 0 Å². The van der Waals surface area contributed by atoms with E-state index in [1.807, 2.05) is 67.6 Å². The Kier molecular flexibility index (Phi) is 4.89. The van der Waals surface area contributed by atoms with Gasteiger partial charge in [-0.1, -0.05) is 42.5 Å². The molecule has 0 N–H and O–H groups in total. The van der Waals surface area contributed by atoms with Crippen LogP contribution >= 0.6 is 0 Å². The molecule has 4 nitrogen and oxygen atoms in total. The lowest BCUT2D eigenvalue weighted by Gasteiger charge is -2.13. The second-order valence-corrected chi connectivity index (χ2v) is 5.82. The summed E-state index contributed by atoms with van der Waals surface area (Å²) in [5.41, 5.74) is 4.67. The van der Waals surface area contributed by atoms with E-state index in [-0.39, 0.29) is 5.97 Å². The van der Waals surface area contributed by atoms with E-state index in [1.165, 1.54) is 7.11 Å². The third kappa shape index (κ3) is 3.43. The van der Waals surface area contributed by atoms with Crippen molar-refractivity contribution in [3.8, 4) is 17.0 Å². The van der Waals surface area contributed by atoms with Crippen LogP contribution in [0.2, 0.25) is 0 Å². The molecule has 3 aromatic rings. The average Bonchev–Trinajstić information content (AvgIpc) is 2.99. The van der Waals surface area contributed by atoms with Gasteiger partial charge in [-0.2, -0.15) is 0 Å². The van der Waals surface area contributed by atoms with Gasteiger partial charge in [-0.25, -0.2) is 4.79 Å². The van der Waals surface area contributed by atoms with Crippen molar-refractivity contribution in [2.24, 2.45) is 0 Å². The minimum Gasteiger partial charge on any atom is -0.497 e. The number of ether oxygens (including phenoxy) is 2. The maximum absolute atomic E-state index is 12.1. The van der Waals surface area contributed by atoms with Crippen LogP contribution in [0.4, 0.5) is 0 Å². The Morgan fingerprint density at radius 1 is 1.00 bits per heavy atom. The third-order valence-electron chi connectivity index (χ3n) is 4.34. The maximum atomic E-state index is 12.1. The fraction of sp³-hybridized carbons (Fsp3) is 0.190. The molecule has 2 aromatic carbocycles. The molecule has 0 aliphatic rings. The molecule has 4 heteroatoms. The van der Waals surface area contributed by atoms with E-state index >= 15 is 0 Å². The van der Waals surface area contributed by atoms with Gasteiger partial charge in [0, 0.05) is 17.9 Å². The average molecular weight is 335 g/mol. The number of carbonyl (C=O) groups is 1. The molecule has 3 rings (SSSR count). The van der Waals surface area contributed by atoms with E-state index in [0.29, 0.717) is 12.1 Å². The molecule has 0 radical (unpaired) electrons. The summed E-state index contributed by atoms with van der Waals surface area (Å²) in [6, 6.07) is 19.9. The van der Waals surface area contributed by atoms with Gasteiger partial charge in [0.25, 0.3) is 0 Å². The minimum absolute atomic E-state index is 0.317. The van der Waals surface area contributed by atoms with Crippen molar-refractivity contribution in [1.82, 2.24) is 4.57 Å². The second kappa shape index (κ2) is 7.26. The minimum atomic E-state index is -0.317. The maximum Gasteiger partial charge on any atom is 0.339 e. The molecule has 0 atom stereocenters. The van der Waals surface area contributed by atoms with Gasteiger partial charge >= 0.3 is 5.97 Å². The van der Waals surface area contributed by atoms with Crippen molar-refractivity contribution in [3.05, 3.63) is 77.5 Å². The van der Waals surface area contributed by atoms with E-state index in [4.69, 9.17) is 9.47 Å². The molecule has 1 heterocycles. The summed E-state index contributed by atoms with van der Waals surface area (Å²) in [6.45, 7) is 2.61. The first kappa shape index (κ1) is 16.8. The molecule has 128 valence electrons. The monoisotopic (exact) mass is 335 g/mol. The Bertz CT molecular complexity index is 864. The first-order chi connectivity index (χ1) is 12.1. The van der Waals surface area contributed by atoms with Gasteiger partial charge in [0.15, 0.2) is 0 Å². The number of rotatable bonds is 5. The predicted molar refractivity (Wildman–Crippen MR) is 98.0 cm³/mol. The van der Waals surface area contributed by atoms with Crippen molar-refractivity contribution in [1.29, 1.82) is 0 Å². The van der Waals surface area contributed by atoms with E-state index in [9.17, 15) is 4.79 Å². The molecule has 1 aromatic heterocycles. The standard InChI is InChI=1S/C21H21NO3/c1-15-19(21(23)25-3)13-20(17-7-5-4-6-8-17)22(15)14-16-9-11-18(24-2)12-10-16/h4-13H,14H2,1-3H3. The van der Waals surface area contributed by atoms with Crippen LogP contribution in [0.1, 0.15) is 21.6 Å². The smallest absolute Gasteiger partial charge is 0.339 e. The van der Waals surface area contributed by atoms with Crippen molar-refractivity contribution in [2.45, 2.75) is 13.5 Å². The first-order valence-corrected chi connectivity index (χ1v) is 8.11. The SMILES string of the molecule is COC(=O)c1cc(-c2ccccc2)n(Cc2ccc(OC)cc2)c1C. The summed E-state index contributed by atoms with van der Waals surface area (Å²) in [5.74, 6) is 0.509. The third-order valence-corrected chi connectivity index (χ3v) is 4.34. The largest absolute Gasteiger partial charge is 0.497 e. The summed E-state index contributed by atoms with van der Waals surface area (Å²) in [7, 11) is 3.06. The van der Waals surface area contributed by atoms with Crippen LogP contribution in [0, 0.1) is 6.92 Å². The van der Waals surface area contributed by atoms with E-state index in [2.05, 4.69) is 4.57 Å². The van der Waals surface area contributed by atoms with Crippen LogP contribution in [0.5, 0.6) is 5.75 Å². The van der Waals surface area contributed by atoms with Crippen molar-refractivity contribution in [2.75, 3.05) is 14.2 Å². The van der Waals surface area contributed by atoms with Gasteiger partial charge in [-0.05, 0) is 36.2 Å². The number of methoxy groups -OCH3 is 2. The fourth-order valence-electron chi connectivity index (χ4n) is 2.93. The summed E-state index contributed by atoms with van der Waals surface area (Å²) < 4.78 is 12.3. The normalized spacial score (nSPS) is 10.5.